The van der Waals surface area contributed by atoms with Gasteiger partial charge in [0.1, 0.15) is 5.69 Å². The summed E-state index contributed by atoms with van der Waals surface area (Å²) in [7, 11) is 0. The van der Waals surface area contributed by atoms with Crippen LogP contribution in [0.5, 0.6) is 0 Å². The predicted octanol–water partition coefficient (Wildman–Crippen LogP) is 1.68. The van der Waals surface area contributed by atoms with Crippen LogP contribution in [0.4, 0.5) is 5.69 Å². The Balaban J connectivity index is 1.97. The molecule has 0 unspecified atom stereocenters. The van der Waals surface area contributed by atoms with Gasteiger partial charge in [0.2, 0.25) is 5.78 Å². The number of fused-ring (bicyclic) bond motifs is 1. The zero-order valence-electron chi connectivity index (χ0n) is 9.18. The van der Waals surface area contributed by atoms with E-state index in [0.29, 0.717) is 11.3 Å². The number of ketones is 1. The van der Waals surface area contributed by atoms with Crippen molar-refractivity contribution < 1.29 is 4.79 Å². The molecule has 4 heteroatoms. The van der Waals surface area contributed by atoms with Crippen LogP contribution in [0.2, 0.25) is 0 Å². The van der Waals surface area contributed by atoms with Gasteiger partial charge < -0.3 is 5.32 Å². The molecule has 17 heavy (non-hydrogen) atoms. The highest BCUT2D eigenvalue weighted by atomic mass is 16.1. The Morgan fingerprint density at radius 2 is 2.24 bits per heavy atom. The maximum absolute atomic E-state index is 12.1. The molecule has 0 radical (unpaired) electrons. The summed E-state index contributed by atoms with van der Waals surface area (Å²) in [6.07, 6.45) is 5.55. The van der Waals surface area contributed by atoms with Crippen molar-refractivity contribution in [2.75, 3.05) is 11.9 Å². The molecule has 0 bridgehead atoms. The van der Waals surface area contributed by atoms with Gasteiger partial charge in [-0.25, -0.2) is 4.98 Å². The van der Waals surface area contributed by atoms with Crippen molar-refractivity contribution in [3.05, 3.63) is 53.6 Å². The molecule has 4 nitrogen and oxygen atoms in total. The van der Waals surface area contributed by atoms with Gasteiger partial charge in [-0.1, -0.05) is 0 Å². The summed E-state index contributed by atoms with van der Waals surface area (Å²) in [4.78, 5) is 20.1. The zero-order valence-corrected chi connectivity index (χ0v) is 9.18. The Kier molecular flexibility index (Phi) is 2.33. The van der Waals surface area contributed by atoms with Crippen molar-refractivity contribution in [1.29, 1.82) is 0 Å². The number of hydrogen-bond acceptors (Lipinski definition) is 4. The Morgan fingerprint density at radius 1 is 1.29 bits per heavy atom. The van der Waals surface area contributed by atoms with Crippen LogP contribution in [0, 0.1) is 0 Å². The van der Waals surface area contributed by atoms with Crippen LogP contribution in [0.3, 0.4) is 0 Å². The SMILES string of the molecule is O=C(c1ccc2c(c1)CCN2)c1cnccn1. The minimum atomic E-state index is -0.0761. The first-order valence-electron chi connectivity index (χ1n) is 5.52. The minimum absolute atomic E-state index is 0.0761. The van der Waals surface area contributed by atoms with Crippen molar-refractivity contribution in [3.8, 4) is 0 Å². The standard InChI is InChI=1S/C13H11N3O/c17-13(12-8-14-5-6-16-12)10-1-2-11-9(7-10)3-4-15-11/h1-2,5-8,15H,3-4H2. The van der Waals surface area contributed by atoms with E-state index in [4.69, 9.17) is 0 Å². The smallest absolute Gasteiger partial charge is 0.212 e. The maximum atomic E-state index is 12.1. The van der Waals surface area contributed by atoms with Crippen molar-refractivity contribution in [2.24, 2.45) is 0 Å². The highest BCUT2D eigenvalue weighted by Crippen LogP contribution is 2.23. The number of carbonyl (C=O) groups excluding carboxylic acids is 1. The second kappa shape index (κ2) is 3.97. The summed E-state index contributed by atoms with van der Waals surface area (Å²) < 4.78 is 0. The number of nitrogens with one attached hydrogen (secondary N) is 1. The predicted molar refractivity (Wildman–Crippen MR) is 64.1 cm³/mol. The third-order valence-electron chi connectivity index (χ3n) is 2.87. The van der Waals surface area contributed by atoms with Gasteiger partial charge in [-0.15, -0.1) is 0 Å². The first-order chi connectivity index (χ1) is 8.34. The fraction of sp³-hybridized carbons (Fsp3) is 0.154. The molecule has 2 aromatic rings. The Labute approximate surface area is 98.7 Å². The van der Waals surface area contributed by atoms with Gasteiger partial charge in [0.15, 0.2) is 0 Å². The molecule has 0 aliphatic carbocycles. The van der Waals surface area contributed by atoms with Gasteiger partial charge in [-0.3, -0.25) is 9.78 Å². The lowest BCUT2D eigenvalue weighted by molar-refractivity contribution is 0.103. The Hall–Kier alpha value is -2.23. The lowest BCUT2D eigenvalue weighted by Gasteiger charge is -2.03. The fourth-order valence-corrected chi connectivity index (χ4v) is 2.01. The topological polar surface area (TPSA) is 54.9 Å². The van der Waals surface area contributed by atoms with Crippen LogP contribution in [0.15, 0.2) is 36.8 Å². The number of aromatic nitrogens is 2. The van der Waals surface area contributed by atoms with Crippen LogP contribution in [0.1, 0.15) is 21.6 Å². The molecule has 1 aliphatic rings. The molecular weight excluding hydrogens is 214 g/mol. The summed E-state index contributed by atoms with van der Waals surface area (Å²) in [5.74, 6) is -0.0761. The first-order valence-corrected chi connectivity index (χ1v) is 5.52. The number of benzene rings is 1. The molecule has 0 saturated heterocycles. The summed E-state index contributed by atoms with van der Waals surface area (Å²) in [5.41, 5.74) is 3.38. The molecule has 1 aromatic carbocycles. The van der Waals surface area contributed by atoms with Gasteiger partial charge in [0.25, 0.3) is 0 Å². The van der Waals surface area contributed by atoms with Gasteiger partial charge >= 0.3 is 0 Å². The quantitative estimate of drug-likeness (QED) is 0.790. The van der Waals surface area contributed by atoms with Crippen LogP contribution in [-0.4, -0.2) is 22.3 Å². The van der Waals surface area contributed by atoms with E-state index in [1.54, 1.807) is 6.20 Å². The average molecular weight is 225 g/mol. The van der Waals surface area contributed by atoms with Gasteiger partial charge in [-0.05, 0) is 30.2 Å². The number of nitrogens with zero attached hydrogens (tertiary/aromatic N) is 2. The summed E-state index contributed by atoms with van der Waals surface area (Å²) in [6.45, 7) is 0.943. The van der Waals surface area contributed by atoms with E-state index >= 15 is 0 Å². The van der Waals surface area contributed by atoms with E-state index < -0.39 is 0 Å². The molecular formula is C13H11N3O. The fourth-order valence-electron chi connectivity index (χ4n) is 2.01. The Morgan fingerprint density at radius 3 is 3.06 bits per heavy atom. The van der Waals surface area contributed by atoms with Gasteiger partial charge in [0, 0.05) is 30.2 Å². The van der Waals surface area contributed by atoms with Crippen molar-refractivity contribution in [3.63, 3.8) is 0 Å². The lowest BCUT2D eigenvalue weighted by atomic mass is 10.0. The van der Waals surface area contributed by atoms with Crippen molar-refractivity contribution in [1.82, 2.24) is 9.97 Å². The highest BCUT2D eigenvalue weighted by Gasteiger charge is 2.15. The van der Waals surface area contributed by atoms with Crippen LogP contribution < -0.4 is 5.32 Å². The monoisotopic (exact) mass is 225 g/mol. The molecule has 0 saturated carbocycles. The van der Waals surface area contributed by atoms with Crippen molar-refractivity contribution >= 4 is 11.5 Å². The molecule has 1 aliphatic heterocycles. The second-order valence-corrected chi connectivity index (χ2v) is 3.97. The molecule has 3 rings (SSSR count). The molecule has 0 amide bonds. The molecule has 1 N–H and O–H groups in total. The average Bonchev–Trinajstić information content (AvgIpc) is 2.86. The van der Waals surface area contributed by atoms with Crippen LogP contribution in [-0.2, 0) is 6.42 Å². The van der Waals surface area contributed by atoms with Crippen LogP contribution in [0.25, 0.3) is 0 Å². The number of rotatable bonds is 2. The second-order valence-electron chi connectivity index (χ2n) is 3.97. The number of carbonyl (C=O) groups is 1. The number of hydrogen-bond donors (Lipinski definition) is 1. The highest BCUT2D eigenvalue weighted by molar-refractivity contribution is 6.07. The minimum Gasteiger partial charge on any atom is -0.384 e. The molecule has 1 aromatic heterocycles. The zero-order chi connectivity index (χ0) is 11.7. The van der Waals surface area contributed by atoms with Crippen molar-refractivity contribution in [2.45, 2.75) is 6.42 Å². The van der Waals surface area contributed by atoms with E-state index in [1.165, 1.54) is 18.0 Å². The molecule has 2 heterocycles. The number of anilines is 1. The third kappa shape index (κ3) is 1.78. The molecule has 84 valence electrons. The van der Waals surface area contributed by atoms with E-state index in [0.717, 1.165) is 18.7 Å². The molecule has 0 fully saturated rings. The normalized spacial score (nSPS) is 12.9. The van der Waals surface area contributed by atoms with Gasteiger partial charge in [0.05, 0.1) is 6.20 Å². The Bertz CT molecular complexity index is 566. The van der Waals surface area contributed by atoms with E-state index in [-0.39, 0.29) is 5.78 Å². The van der Waals surface area contributed by atoms with Crippen LogP contribution >= 0.6 is 0 Å². The van der Waals surface area contributed by atoms with E-state index in [2.05, 4.69) is 15.3 Å². The largest absolute Gasteiger partial charge is 0.384 e. The third-order valence-corrected chi connectivity index (χ3v) is 2.87. The summed E-state index contributed by atoms with van der Waals surface area (Å²) in [6, 6.07) is 5.71. The molecule has 0 spiro atoms. The van der Waals surface area contributed by atoms with Gasteiger partial charge in [-0.2, -0.15) is 0 Å². The van der Waals surface area contributed by atoms with E-state index in [9.17, 15) is 4.79 Å². The summed E-state index contributed by atoms with van der Waals surface area (Å²) in [5, 5.41) is 3.27. The summed E-state index contributed by atoms with van der Waals surface area (Å²) >= 11 is 0. The molecule has 0 atom stereocenters. The maximum Gasteiger partial charge on any atom is 0.212 e. The lowest BCUT2D eigenvalue weighted by Crippen LogP contribution is -2.04. The van der Waals surface area contributed by atoms with E-state index in [1.807, 2.05) is 18.2 Å². The first kappa shape index (κ1) is 9.96.